The Kier molecular flexibility index (Phi) is 7.61. The molecule has 2 aromatic heterocycles. The number of alkyl carbamates (subject to hydrolysis) is 1. The Morgan fingerprint density at radius 3 is 2.49 bits per heavy atom. The number of amides is 1. The van der Waals surface area contributed by atoms with E-state index in [9.17, 15) is 13.6 Å². The maximum Gasteiger partial charge on any atom is 0.408 e. The zero-order valence-corrected chi connectivity index (χ0v) is 26.4. The Bertz CT molecular complexity index is 1550. The molecule has 12 heteroatoms. The van der Waals surface area contributed by atoms with Gasteiger partial charge in [0.05, 0.1) is 12.2 Å². The van der Waals surface area contributed by atoms with E-state index in [0.717, 1.165) is 63.0 Å². The van der Waals surface area contributed by atoms with Gasteiger partial charge in [0, 0.05) is 51.0 Å². The molecule has 1 spiro atoms. The van der Waals surface area contributed by atoms with Crippen molar-refractivity contribution >= 4 is 28.9 Å². The number of fused-ring (bicyclic) bond motifs is 2. The van der Waals surface area contributed by atoms with Crippen LogP contribution in [0, 0.1) is 5.41 Å². The summed E-state index contributed by atoms with van der Waals surface area (Å²) in [7, 11) is 0. The second-order valence-corrected chi connectivity index (χ2v) is 14.1. The monoisotopic (exact) mass is 623 g/mol. The highest BCUT2D eigenvalue weighted by Gasteiger charge is 2.49. The van der Waals surface area contributed by atoms with E-state index in [1.807, 2.05) is 36.4 Å². The summed E-state index contributed by atoms with van der Waals surface area (Å²) in [6.07, 6.45) is 6.21. The summed E-state index contributed by atoms with van der Waals surface area (Å²) in [6.45, 7) is 8.24. The van der Waals surface area contributed by atoms with Gasteiger partial charge in [0.1, 0.15) is 11.4 Å². The first kappa shape index (κ1) is 30.1. The Morgan fingerprint density at radius 1 is 1.04 bits per heavy atom. The van der Waals surface area contributed by atoms with Gasteiger partial charge < -0.3 is 24.6 Å². The number of halogens is 2. The second-order valence-electron chi connectivity index (χ2n) is 14.1. The lowest BCUT2D eigenvalue weighted by Crippen LogP contribution is -2.48. The molecule has 2 atom stereocenters. The summed E-state index contributed by atoms with van der Waals surface area (Å²) in [5.74, 6) is -1.28. The number of hydrogen-bond acceptors (Lipinski definition) is 8. The number of alkyl halides is 2. The number of benzene rings is 1. The number of carbonyl (C=O) groups is 1. The van der Waals surface area contributed by atoms with E-state index in [4.69, 9.17) is 24.5 Å². The van der Waals surface area contributed by atoms with Crippen molar-refractivity contribution in [2.24, 2.45) is 5.41 Å². The van der Waals surface area contributed by atoms with Gasteiger partial charge in [-0.3, -0.25) is 0 Å². The number of anilines is 2. The number of nitrogens with zero attached hydrogens (tertiary/aromatic N) is 6. The van der Waals surface area contributed by atoms with Gasteiger partial charge in [-0.1, -0.05) is 24.3 Å². The lowest BCUT2D eigenvalue weighted by molar-refractivity contribution is -0.0372. The van der Waals surface area contributed by atoms with Crippen LogP contribution in [0.25, 0.3) is 11.2 Å². The summed E-state index contributed by atoms with van der Waals surface area (Å²) in [5, 5.41) is 8.12. The summed E-state index contributed by atoms with van der Waals surface area (Å²) < 4.78 is 41.5. The van der Waals surface area contributed by atoms with Crippen LogP contribution in [0.5, 0.6) is 0 Å². The summed E-state index contributed by atoms with van der Waals surface area (Å²) in [6, 6.07) is 8.24. The molecule has 0 bridgehead atoms. The van der Waals surface area contributed by atoms with Crippen molar-refractivity contribution in [3.05, 3.63) is 41.6 Å². The molecule has 10 nitrogen and oxygen atoms in total. The molecule has 1 aliphatic carbocycles. The van der Waals surface area contributed by atoms with Crippen molar-refractivity contribution in [2.45, 2.75) is 95.9 Å². The Labute approximate surface area is 262 Å². The van der Waals surface area contributed by atoms with E-state index in [0.29, 0.717) is 23.6 Å². The van der Waals surface area contributed by atoms with Gasteiger partial charge in [0.15, 0.2) is 23.2 Å². The second kappa shape index (κ2) is 11.4. The number of carbonyl (C=O) groups excluding carboxylic acids is 1. The van der Waals surface area contributed by atoms with Crippen molar-refractivity contribution in [2.75, 3.05) is 42.6 Å². The first-order valence-electron chi connectivity index (χ1n) is 16.3. The van der Waals surface area contributed by atoms with Crippen LogP contribution in [0.3, 0.4) is 0 Å². The van der Waals surface area contributed by atoms with Crippen LogP contribution in [-0.2, 0) is 15.9 Å². The first-order chi connectivity index (χ1) is 21.5. The summed E-state index contributed by atoms with van der Waals surface area (Å²) in [5.41, 5.74) is 2.98. The Hall–Kier alpha value is -3.54. The van der Waals surface area contributed by atoms with Crippen molar-refractivity contribution in [1.29, 1.82) is 0 Å². The van der Waals surface area contributed by atoms with E-state index >= 15 is 0 Å². The minimum absolute atomic E-state index is 0.129. The van der Waals surface area contributed by atoms with E-state index in [-0.39, 0.29) is 43.6 Å². The van der Waals surface area contributed by atoms with Gasteiger partial charge in [-0.2, -0.15) is 0 Å². The predicted octanol–water partition coefficient (Wildman–Crippen LogP) is 6.17. The molecule has 7 rings (SSSR count). The van der Waals surface area contributed by atoms with E-state index in [1.54, 1.807) is 6.20 Å². The lowest BCUT2D eigenvalue weighted by atomic mass is 9.72. The molecular formula is C33H43F2N7O3. The van der Waals surface area contributed by atoms with Crippen molar-refractivity contribution < 1.29 is 23.0 Å². The fraction of sp³-hybridized carbons (Fsp3) is 0.636. The molecule has 3 aliphatic heterocycles. The van der Waals surface area contributed by atoms with Crippen LogP contribution < -0.4 is 15.1 Å². The van der Waals surface area contributed by atoms with Crippen LogP contribution in [-0.4, -0.2) is 70.2 Å². The van der Waals surface area contributed by atoms with E-state index in [2.05, 4.69) is 28.4 Å². The highest BCUT2D eigenvalue weighted by atomic mass is 19.3. The number of hydrogen-bond donors (Lipinski definition) is 1. The van der Waals surface area contributed by atoms with E-state index < -0.39 is 17.6 Å². The highest BCUT2D eigenvalue weighted by Crippen LogP contribution is 2.52. The molecule has 242 valence electrons. The summed E-state index contributed by atoms with van der Waals surface area (Å²) >= 11 is 0. The third-order valence-electron chi connectivity index (χ3n) is 9.86. The zero-order valence-electron chi connectivity index (χ0n) is 26.4. The van der Waals surface area contributed by atoms with Gasteiger partial charge in [-0.15, -0.1) is 5.10 Å². The van der Waals surface area contributed by atoms with Crippen LogP contribution in [0.15, 0.2) is 30.5 Å². The quantitative estimate of drug-likeness (QED) is 0.369. The zero-order chi connectivity index (χ0) is 31.4. The van der Waals surface area contributed by atoms with Gasteiger partial charge in [0.25, 0.3) is 5.92 Å². The number of aromatic nitrogens is 4. The van der Waals surface area contributed by atoms with Gasteiger partial charge in [0.2, 0.25) is 0 Å². The first-order valence-corrected chi connectivity index (χ1v) is 16.3. The average molecular weight is 624 g/mol. The SMILES string of the molecule is CC(C)(C)OC(=O)N[C@@H]1c2ccccc2CC12CCN(c1cnc3c(N4CCC(F)(F)CC4)nn(C4CCCCO4)c3n1)CC2. The predicted molar refractivity (Wildman–Crippen MR) is 167 cm³/mol. The lowest BCUT2D eigenvalue weighted by Gasteiger charge is -2.43. The molecule has 45 heavy (non-hydrogen) atoms. The van der Waals surface area contributed by atoms with Crippen molar-refractivity contribution in [3.8, 4) is 0 Å². The highest BCUT2D eigenvalue weighted by molar-refractivity contribution is 5.85. The van der Waals surface area contributed by atoms with Crippen LogP contribution in [0.1, 0.15) is 89.1 Å². The molecule has 1 amide bonds. The minimum atomic E-state index is -2.64. The topological polar surface area (TPSA) is 97.6 Å². The average Bonchev–Trinajstić information content (AvgIpc) is 3.52. The van der Waals surface area contributed by atoms with Crippen molar-refractivity contribution in [3.63, 3.8) is 0 Å². The van der Waals surface area contributed by atoms with Gasteiger partial charge in [-0.05, 0) is 70.4 Å². The van der Waals surface area contributed by atoms with Crippen LogP contribution >= 0.6 is 0 Å². The number of ether oxygens (including phenoxy) is 2. The molecule has 0 saturated carbocycles. The molecule has 5 heterocycles. The maximum absolute atomic E-state index is 14.0. The molecule has 1 unspecified atom stereocenters. The van der Waals surface area contributed by atoms with Crippen LogP contribution in [0.4, 0.5) is 25.2 Å². The molecule has 3 saturated heterocycles. The largest absolute Gasteiger partial charge is 0.444 e. The van der Waals surface area contributed by atoms with Crippen molar-refractivity contribution in [1.82, 2.24) is 25.1 Å². The Morgan fingerprint density at radius 2 is 1.78 bits per heavy atom. The van der Waals surface area contributed by atoms with Gasteiger partial charge in [-0.25, -0.2) is 28.2 Å². The molecule has 1 aromatic carbocycles. The van der Waals surface area contributed by atoms with E-state index in [1.165, 1.54) is 5.56 Å². The van der Waals surface area contributed by atoms with Crippen LogP contribution in [0.2, 0.25) is 0 Å². The third-order valence-corrected chi connectivity index (χ3v) is 9.86. The number of rotatable bonds is 4. The fourth-order valence-electron chi connectivity index (χ4n) is 7.50. The van der Waals surface area contributed by atoms with Gasteiger partial charge >= 0.3 is 6.09 Å². The Balaban J connectivity index is 1.14. The molecule has 3 fully saturated rings. The fourth-order valence-corrected chi connectivity index (χ4v) is 7.50. The minimum Gasteiger partial charge on any atom is -0.444 e. The number of nitrogens with one attached hydrogen (secondary N) is 1. The standard InChI is InChI=1S/C33H43F2N7O3/c1-31(2,3)45-30(43)38-27-23-9-5-4-8-22(23)20-32(27)11-15-40(16-12-32)24-21-36-26-28(37-24)42(25-10-6-7-19-44-25)39-29(26)41-17-13-33(34,35)14-18-41/h4-5,8-9,21,25,27H,6-7,10-20H2,1-3H3,(H,38,43)/t25?,27-/m1/s1. The number of piperidine rings is 2. The molecule has 4 aliphatic rings. The molecular weight excluding hydrogens is 580 g/mol. The normalized spacial score (nSPS) is 24.6. The smallest absolute Gasteiger partial charge is 0.408 e. The molecule has 3 aromatic rings. The molecule has 0 radical (unpaired) electrons. The summed E-state index contributed by atoms with van der Waals surface area (Å²) in [4.78, 5) is 27.1. The maximum atomic E-state index is 14.0. The third kappa shape index (κ3) is 5.93. The molecule has 1 N–H and O–H groups in total.